The van der Waals surface area contributed by atoms with Crippen LogP contribution in [0.3, 0.4) is 0 Å². The average Bonchev–Trinajstić information content (AvgIpc) is 3.61. The van der Waals surface area contributed by atoms with Crippen molar-refractivity contribution in [2.75, 3.05) is 43.0 Å². The highest BCUT2D eigenvalue weighted by atomic mass is 16.3. The number of rotatable bonds is 10. The van der Waals surface area contributed by atoms with Crippen LogP contribution in [-0.2, 0) is 11.1 Å². The molecule has 1 aliphatic carbocycles. The van der Waals surface area contributed by atoms with Gasteiger partial charge in [0.05, 0.1) is 50.3 Å². The van der Waals surface area contributed by atoms with Gasteiger partial charge in [-0.25, -0.2) is 0 Å². The van der Waals surface area contributed by atoms with Crippen LogP contribution in [-0.4, -0.2) is 53.2 Å². The summed E-state index contributed by atoms with van der Waals surface area (Å²) in [6.45, 7) is 1.62. The minimum atomic E-state index is -0.798. The molecular weight excluding hydrogens is 617 g/mol. The van der Waals surface area contributed by atoms with E-state index in [9.17, 15) is 10.2 Å². The third-order valence-electron chi connectivity index (χ3n) is 10.6. The Morgan fingerprint density at radius 3 is 1.42 bits per heavy atom. The molecule has 0 atom stereocenters. The Bertz CT molecular complexity index is 1930. The van der Waals surface area contributed by atoms with E-state index in [0.717, 1.165) is 45.7 Å². The lowest BCUT2D eigenvalue weighted by Gasteiger charge is -2.45. The van der Waals surface area contributed by atoms with Crippen LogP contribution < -0.4 is 9.80 Å². The van der Waals surface area contributed by atoms with E-state index in [-0.39, 0.29) is 13.2 Å². The molecule has 0 radical (unpaired) electrons. The van der Waals surface area contributed by atoms with Gasteiger partial charge in [0.15, 0.2) is 0 Å². The quantitative estimate of drug-likeness (QED) is 0.163. The van der Waals surface area contributed by atoms with Crippen LogP contribution >= 0.6 is 0 Å². The van der Waals surface area contributed by atoms with Gasteiger partial charge in [-0.1, -0.05) is 152 Å². The van der Waals surface area contributed by atoms with Gasteiger partial charge in [0.1, 0.15) is 11.1 Å². The van der Waals surface area contributed by atoms with Gasteiger partial charge in [0.25, 0.3) is 0 Å². The molecule has 6 nitrogen and oxygen atoms in total. The van der Waals surface area contributed by atoms with Crippen molar-refractivity contribution in [1.29, 1.82) is 0 Å². The first-order valence-electron chi connectivity index (χ1n) is 17.3. The maximum Gasteiger partial charge on any atom is 0.115 e. The zero-order chi connectivity index (χ0) is 34.0. The van der Waals surface area contributed by atoms with E-state index >= 15 is 0 Å². The van der Waals surface area contributed by atoms with Crippen molar-refractivity contribution in [2.24, 2.45) is 0 Å². The molecule has 0 spiro atoms. The summed E-state index contributed by atoms with van der Waals surface area (Å²) < 4.78 is 0. The molecule has 3 aliphatic rings. The molecule has 2 heterocycles. The van der Waals surface area contributed by atoms with E-state index in [2.05, 4.69) is 165 Å². The number of aliphatic hydroxyl groups is 2. The normalized spacial score (nSPS) is 15.8. The maximum absolute atomic E-state index is 11.5. The van der Waals surface area contributed by atoms with Gasteiger partial charge in [-0.15, -0.1) is 0 Å². The van der Waals surface area contributed by atoms with Crippen molar-refractivity contribution >= 4 is 11.4 Å². The highest BCUT2D eigenvalue weighted by Gasteiger charge is 2.48. The molecule has 0 aromatic heterocycles. The van der Waals surface area contributed by atoms with Gasteiger partial charge in [0.2, 0.25) is 0 Å². The highest BCUT2D eigenvalue weighted by Crippen LogP contribution is 2.48. The molecule has 2 aliphatic heterocycles. The van der Waals surface area contributed by atoms with E-state index in [1.165, 1.54) is 5.70 Å². The maximum atomic E-state index is 11.5. The van der Waals surface area contributed by atoms with Gasteiger partial charge in [-0.3, -0.25) is 0 Å². The monoisotopic (exact) mass is 658 g/mol. The number of fused-ring (bicyclic) bond motifs is 1. The summed E-state index contributed by atoms with van der Waals surface area (Å²) in [6.07, 6.45) is 9.40. The largest absolute Gasteiger partial charge is 0.393 e. The van der Waals surface area contributed by atoms with E-state index in [0.29, 0.717) is 20.0 Å². The molecule has 50 heavy (non-hydrogen) atoms. The minimum absolute atomic E-state index is 0.0768. The van der Waals surface area contributed by atoms with Crippen molar-refractivity contribution in [3.8, 4) is 0 Å². The Morgan fingerprint density at radius 1 is 0.480 bits per heavy atom. The number of aliphatic hydroxyl groups excluding tert-OH is 2. The first-order valence-corrected chi connectivity index (χ1v) is 17.3. The lowest BCUT2D eigenvalue weighted by molar-refractivity contribution is 0.0690. The lowest BCUT2D eigenvalue weighted by Crippen LogP contribution is -2.53. The molecule has 0 saturated heterocycles. The first-order chi connectivity index (χ1) is 24.7. The number of anilines is 2. The number of nitrogens with zero attached hydrogens (tertiary/aromatic N) is 4. The Morgan fingerprint density at radius 2 is 0.920 bits per heavy atom. The smallest absolute Gasteiger partial charge is 0.115 e. The van der Waals surface area contributed by atoms with Crippen LogP contribution in [0, 0.1) is 0 Å². The summed E-state index contributed by atoms with van der Waals surface area (Å²) in [5.74, 6) is 0. The van der Waals surface area contributed by atoms with Gasteiger partial charge in [0, 0.05) is 12.1 Å². The summed E-state index contributed by atoms with van der Waals surface area (Å²) in [5, 5.41) is 23.0. The zero-order valence-corrected chi connectivity index (χ0v) is 28.1. The highest BCUT2D eigenvalue weighted by molar-refractivity contribution is 5.79. The second-order valence-corrected chi connectivity index (χ2v) is 13.2. The molecule has 250 valence electrons. The summed E-state index contributed by atoms with van der Waals surface area (Å²) in [6, 6.07) is 50.1. The predicted octanol–water partition coefficient (Wildman–Crippen LogP) is 7.40. The topological polar surface area (TPSA) is 53.4 Å². The molecular formula is C44H42N4O2. The molecule has 0 fully saturated rings. The van der Waals surface area contributed by atoms with Crippen molar-refractivity contribution in [1.82, 2.24) is 9.80 Å². The molecule has 6 heteroatoms. The minimum Gasteiger partial charge on any atom is -0.393 e. The Hall–Kier alpha value is -5.56. The Balaban J connectivity index is 1.21. The van der Waals surface area contributed by atoms with Crippen molar-refractivity contribution in [2.45, 2.75) is 17.5 Å². The van der Waals surface area contributed by atoms with Crippen molar-refractivity contribution < 1.29 is 10.2 Å². The molecule has 2 N–H and O–H groups in total. The van der Waals surface area contributed by atoms with Crippen LogP contribution in [0.25, 0.3) is 0 Å². The molecule has 0 bridgehead atoms. The third-order valence-corrected chi connectivity index (χ3v) is 10.6. The molecule has 0 unspecified atom stereocenters. The Kier molecular flexibility index (Phi) is 8.49. The van der Waals surface area contributed by atoms with E-state index in [1.54, 1.807) is 0 Å². The molecule has 5 aromatic rings. The van der Waals surface area contributed by atoms with E-state index in [4.69, 9.17) is 0 Å². The van der Waals surface area contributed by atoms with E-state index < -0.39 is 11.1 Å². The van der Waals surface area contributed by atoms with Gasteiger partial charge in [-0.05, 0) is 40.5 Å². The zero-order valence-electron chi connectivity index (χ0n) is 28.1. The fraction of sp³-hybridized carbons (Fsp3) is 0.182. The number of para-hydroxylation sites is 2. The van der Waals surface area contributed by atoms with Crippen LogP contribution in [0.15, 0.2) is 181 Å². The number of hydrogen-bond donors (Lipinski definition) is 2. The van der Waals surface area contributed by atoms with Crippen LogP contribution in [0.2, 0.25) is 0 Å². The summed E-state index contributed by atoms with van der Waals surface area (Å²) in [4.78, 5) is 9.63. The summed E-state index contributed by atoms with van der Waals surface area (Å²) >= 11 is 0. The first kappa shape index (κ1) is 31.7. The summed E-state index contributed by atoms with van der Waals surface area (Å²) in [7, 11) is 0. The van der Waals surface area contributed by atoms with Gasteiger partial charge in [-0.2, -0.15) is 0 Å². The second-order valence-electron chi connectivity index (χ2n) is 13.2. The molecule has 8 rings (SSSR count). The molecule has 0 amide bonds. The number of hydrogen-bond acceptors (Lipinski definition) is 6. The standard InChI is InChI=1S/C44H42N4O2/c49-30-43(35-18-6-1-7-19-35,36-20-8-2-9-21-36)47-33-45(39-26-14-5-15-28-41(39)47)32-46-34-48(42-29-17-16-27-40(42)46)44(31-50,37-22-10-3-11-23-37)38-24-12-4-13-25-38/h1-27,29,49-50H,28,30-34H2. The molecule has 0 saturated carbocycles. The second kappa shape index (κ2) is 13.4. The number of allylic oxidation sites excluding steroid dienone is 4. The predicted molar refractivity (Wildman–Crippen MR) is 201 cm³/mol. The van der Waals surface area contributed by atoms with Crippen LogP contribution in [0.1, 0.15) is 28.7 Å². The van der Waals surface area contributed by atoms with Crippen LogP contribution in [0.5, 0.6) is 0 Å². The van der Waals surface area contributed by atoms with Gasteiger partial charge < -0.3 is 29.8 Å². The average molecular weight is 659 g/mol. The van der Waals surface area contributed by atoms with Gasteiger partial charge >= 0.3 is 0 Å². The van der Waals surface area contributed by atoms with Crippen molar-refractivity contribution in [3.63, 3.8) is 0 Å². The number of benzene rings is 5. The van der Waals surface area contributed by atoms with Crippen molar-refractivity contribution in [3.05, 3.63) is 204 Å². The SMILES string of the molecule is OCC(c1ccccc1)(c1ccccc1)N1CN(CN2CN(C(CO)(c3ccccc3)c3ccccc3)c3ccccc32)C2=C1CC=CC=C2. The fourth-order valence-electron chi connectivity index (χ4n) is 8.23. The van der Waals surface area contributed by atoms with E-state index in [1.807, 2.05) is 24.3 Å². The lowest BCUT2D eigenvalue weighted by atomic mass is 9.81. The Labute approximate surface area is 294 Å². The fourth-order valence-corrected chi connectivity index (χ4v) is 8.23. The third kappa shape index (κ3) is 5.11. The summed E-state index contributed by atoms with van der Waals surface area (Å²) in [5.41, 5.74) is 7.13. The van der Waals surface area contributed by atoms with Crippen LogP contribution in [0.4, 0.5) is 11.4 Å². The molecule has 5 aromatic carbocycles.